The van der Waals surface area contributed by atoms with Gasteiger partial charge in [-0.15, -0.1) is 0 Å². The Hall–Kier alpha value is -0.510. The van der Waals surface area contributed by atoms with E-state index in [1.54, 1.807) is 13.8 Å². The molecule has 0 aromatic carbocycles. The van der Waals surface area contributed by atoms with Crippen molar-refractivity contribution < 1.29 is 18.7 Å². The molecular formula is C9H20F2O2. The van der Waals surface area contributed by atoms with Gasteiger partial charge >= 0.3 is 0 Å². The Morgan fingerprint density at radius 3 is 1.23 bits per heavy atom. The summed E-state index contributed by atoms with van der Waals surface area (Å²) in [5.74, 6) is -2.33. The van der Waals surface area contributed by atoms with Crippen molar-refractivity contribution in [2.75, 3.05) is 0 Å². The van der Waals surface area contributed by atoms with E-state index < -0.39 is 5.92 Å². The van der Waals surface area contributed by atoms with Crippen molar-refractivity contribution in [3.05, 3.63) is 0 Å². The van der Waals surface area contributed by atoms with E-state index in [4.69, 9.17) is 5.11 Å². The molecule has 0 saturated carbocycles. The monoisotopic (exact) mass is 198 g/mol. The minimum Gasteiger partial charge on any atom is -0.394 e. The number of aliphatic hydroxyl groups excluding tert-OH is 1. The summed E-state index contributed by atoms with van der Waals surface area (Å²) in [6.45, 7) is 8.21. The number of carbonyl (C=O) groups is 1. The number of rotatable bonds is 0. The van der Waals surface area contributed by atoms with E-state index in [2.05, 4.69) is 0 Å². The van der Waals surface area contributed by atoms with Crippen LogP contribution in [0.1, 0.15) is 41.5 Å². The number of aliphatic hydroxyl groups is 1. The van der Waals surface area contributed by atoms with Crippen LogP contribution >= 0.6 is 0 Å². The fraction of sp³-hybridized carbons (Fsp3) is 0.889. The molecule has 0 aliphatic carbocycles. The fourth-order valence-electron chi connectivity index (χ4n) is 0. The molecule has 0 spiro atoms. The normalized spacial score (nSPS) is 9.38. The van der Waals surface area contributed by atoms with Crippen LogP contribution in [-0.2, 0) is 4.79 Å². The van der Waals surface area contributed by atoms with Gasteiger partial charge in [0.1, 0.15) is 5.78 Å². The quantitative estimate of drug-likeness (QED) is 0.649. The minimum absolute atomic E-state index is 0.167. The molecule has 13 heavy (non-hydrogen) atoms. The third-order valence-electron chi connectivity index (χ3n) is 0. The topological polar surface area (TPSA) is 37.3 Å². The second-order valence-electron chi connectivity index (χ2n) is 3.33. The second-order valence-corrected chi connectivity index (χ2v) is 3.33. The number of hydrogen-bond donors (Lipinski definition) is 1. The molecule has 0 amide bonds. The number of carbonyl (C=O) groups excluding carboxylic acids is 1. The lowest BCUT2D eigenvalue weighted by Gasteiger charge is -1.94. The van der Waals surface area contributed by atoms with Gasteiger partial charge in [0, 0.05) is 6.10 Å². The van der Waals surface area contributed by atoms with Crippen molar-refractivity contribution in [1.82, 2.24) is 0 Å². The van der Waals surface area contributed by atoms with E-state index in [1.165, 1.54) is 13.8 Å². The molecule has 0 rings (SSSR count). The van der Waals surface area contributed by atoms with Gasteiger partial charge in [0.05, 0.1) is 0 Å². The first-order valence-corrected chi connectivity index (χ1v) is 3.99. The van der Waals surface area contributed by atoms with Crippen molar-refractivity contribution >= 4 is 5.78 Å². The van der Waals surface area contributed by atoms with E-state index in [9.17, 15) is 13.6 Å². The maximum Gasteiger partial charge on any atom is 0.242 e. The van der Waals surface area contributed by atoms with Gasteiger partial charge in [0.15, 0.2) is 0 Å². The van der Waals surface area contributed by atoms with Crippen LogP contribution in [-0.4, -0.2) is 22.9 Å². The van der Waals surface area contributed by atoms with Crippen molar-refractivity contribution in [3.63, 3.8) is 0 Å². The van der Waals surface area contributed by atoms with Gasteiger partial charge in [-0.2, -0.15) is 0 Å². The van der Waals surface area contributed by atoms with Gasteiger partial charge in [-0.3, -0.25) is 0 Å². The highest BCUT2D eigenvalue weighted by molar-refractivity contribution is 5.72. The van der Waals surface area contributed by atoms with Gasteiger partial charge in [-0.25, -0.2) is 8.78 Å². The van der Waals surface area contributed by atoms with Crippen LogP contribution in [0.2, 0.25) is 0 Å². The van der Waals surface area contributed by atoms with E-state index in [0.29, 0.717) is 0 Å². The lowest BCUT2D eigenvalue weighted by molar-refractivity contribution is -0.115. The van der Waals surface area contributed by atoms with Gasteiger partial charge in [-0.05, 0) is 41.5 Å². The third kappa shape index (κ3) is 3980. The summed E-state index contributed by atoms with van der Waals surface area (Å²) < 4.78 is 22.0. The Labute approximate surface area is 79.0 Å². The van der Waals surface area contributed by atoms with Crippen LogP contribution in [0.15, 0.2) is 0 Å². The number of Topliss-reactive ketones (excluding diaryl/α,β-unsaturated/α-hetero) is 1. The summed E-state index contributed by atoms with van der Waals surface area (Å²) in [7, 11) is 0. The maximum atomic E-state index is 11.0. The average Bonchev–Trinajstić information content (AvgIpc) is 1.50. The van der Waals surface area contributed by atoms with Crippen LogP contribution in [0.3, 0.4) is 0 Å². The predicted molar refractivity (Wildman–Crippen MR) is 50.0 cm³/mol. The average molecular weight is 198 g/mol. The fourth-order valence-corrected chi connectivity index (χ4v) is 0. The summed E-state index contributed by atoms with van der Waals surface area (Å²) in [5, 5.41) is 8.06. The van der Waals surface area contributed by atoms with Crippen LogP contribution in [0.5, 0.6) is 0 Å². The second kappa shape index (κ2) is 9.58. The minimum atomic E-state index is -2.50. The van der Waals surface area contributed by atoms with Gasteiger partial charge in [0.25, 0.3) is 0 Å². The van der Waals surface area contributed by atoms with Crippen LogP contribution < -0.4 is 0 Å². The molecule has 0 aliphatic rings. The number of hydrogen-bond acceptors (Lipinski definition) is 2. The molecule has 0 fully saturated rings. The van der Waals surface area contributed by atoms with Gasteiger partial charge in [0.2, 0.25) is 5.92 Å². The zero-order valence-electron chi connectivity index (χ0n) is 9.19. The number of halogens is 2. The Morgan fingerprint density at radius 2 is 1.23 bits per heavy atom. The first-order chi connectivity index (χ1) is 5.46. The van der Waals surface area contributed by atoms with E-state index >= 15 is 0 Å². The number of alkyl halides is 2. The molecule has 2 nitrogen and oxygen atoms in total. The Bertz CT molecular complexity index is 105. The number of ketones is 1. The molecule has 0 bridgehead atoms. The van der Waals surface area contributed by atoms with E-state index in [0.717, 1.165) is 13.8 Å². The molecule has 0 unspecified atom stereocenters. The summed E-state index contributed by atoms with van der Waals surface area (Å²) in [6.07, 6.45) is -0.167. The highest BCUT2D eigenvalue weighted by Gasteiger charge is 2.08. The molecule has 0 aliphatic heterocycles. The molecule has 0 saturated heterocycles. The van der Waals surface area contributed by atoms with E-state index in [1.807, 2.05) is 0 Å². The molecule has 0 heterocycles. The lowest BCUT2D eigenvalue weighted by atomic mass is 10.5. The molecule has 0 aromatic rings. The smallest absolute Gasteiger partial charge is 0.242 e. The van der Waals surface area contributed by atoms with Crippen molar-refractivity contribution in [3.8, 4) is 0 Å². The summed E-state index contributed by atoms with van der Waals surface area (Å²) in [5.41, 5.74) is 0. The van der Waals surface area contributed by atoms with Crippen LogP contribution in [0.4, 0.5) is 8.78 Å². The molecule has 0 aromatic heterocycles. The Morgan fingerprint density at radius 1 is 1.23 bits per heavy atom. The van der Waals surface area contributed by atoms with Crippen molar-refractivity contribution in [2.24, 2.45) is 0 Å². The highest BCUT2D eigenvalue weighted by atomic mass is 19.3. The summed E-state index contributed by atoms with van der Waals surface area (Å²) in [6, 6.07) is 0. The zero-order valence-corrected chi connectivity index (χ0v) is 9.19. The molecule has 0 radical (unpaired) electrons. The predicted octanol–water partition coefficient (Wildman–Crippen LogP) is 2.64. The third-order valence-corrected chi connectivity index (χ3v) is 0. The molecule has 1 N–H and O–H groups in total. The largest absolute Gasteiger partial charge is 0.394 e. The van der Waals surface area contributed by atoms with Crippen molar-refractivity contribution in [2.45, 2.75) is 53.6 Å². The Kier molecular flexibility index (Phi) is 13.5. The summed E-state index contributed by atoms with van der Waals surface area (Å²) in [4.78, 5) is 9.44. The molecular weight excluding hydrogens is 178 g/mol. The highest BCUT2D eigenvalue weighted by Crippen LogP contribution is 2.06. The lowest BCUT2D eigenvalue weighted by Crippen LogP contribution is -1.98. The van der Waals surface area contributed by atoms with Gasteiger partial charge < -0.3 is 9.90 Å². The van der Waals surface area contributed by atoms with Crippen molar-refractivity contribution in [1.29, 1.82) is 0 Å². The van der Waals surface area contributed by atoms with Crippen LogP contribution in [0.25, 0.3) is 0 Å². The van der Waals surface area contributed by atoms with Gasteiger partial charge in [-0.1, -0.05) is 0 Å². The standard InChI is InChI=1S/C3H6F2.C3H8O.C3H6O/c1-3(2,4)5;2*1-3(2)4/h1-2H3;3-4H,1-2H3;1-2H3. The zero-order chi connectivity index (χ0) is 11.7. The molecule has 4 heteroatoms. The first kappa shape index (κ1) is 18.3. The summed E-state index contributed by atoms with van der Waals surface area (Å²) >= 11 is 0. The Balaban J connectivity index is -0.000000117. The first-order valence-electron chi connectivity index (χ1n) is 3.99. The molecule has 0 atom stereocenters. The maximum absolute atomic E-state index is 11.0. The van der Waals surface area contributed by atoms with Crippen LogP contribution in [0, 0.1) is 0 Å². The SMILES string of the molecule is CC(C)(F)F.CC(C)=O.CC(C)O. The van der Waals surface area contributed by atoms with E-state index in [-0.39, 0.29) is 11.9 Å². The molecule has 82 valence electrons.